The minimum Gasteiger partial charge on any atom is -0.506 e. The number of nitrogens with zero attached hydrogens (tertiary/aromatic N) is 2. The lowest BCUT2D eigenvalue weighted by Crippen LogP contribution is -2.40. The van der Waals surface area contributed by atoms with E-state index in [2.05, 4.69) is 25.8 Å². The normalized spacial score (nSPS) is 13.4. The molecule has 2 heterocycles. The van der Waals surface area contributed by atoms with Crippen LogP contribution < -0.4 is 26.4 Å². The molecule has 1 saturated heterocycles. The van der Waals surface area contributed by atoms with E-state index in [-0.39, 0.29) is 55.1 Å². The van der Waals surface area contributed by atoms with Crippen LogP contribution in [0.1, 0.15) is 49.5 Å². The van der Waals surface area contributed by atoms with Crippen LogP contribution in [0.15, 0.2) is 132 Å². The van der Waals surface area contributed by atoms with Crippen LogP contribution in [-0.4, -0.2) is 83.9 Å². The predicted molar refractivity (Wildman–Crippen MR) is 249 cm³/mol. The van der Waals surface area contributed by atoms with Crippen molar-refractivity contribution < 1.29 is 29.3 Å². The van der Waals surface area contributed by atoms with Gasteiger partial charge in [-0.05, 0) is 90.5 Å². The number of aliphatic hydroxyl groups excluding tert-OH is 1. The van der Waals surface area contributed by atoms with Crippen molar-refractivity contribution in [3.63, 3.8) is 0 Å². The van der Waals surface area contributed by atoms with Crippen LogP contribution in [0.3, 0.4) is 0 Å². The second-order valence-corrected chi connectivity index (χ2v) is 15.5. The van der Waals surface area contributed by atoms with Crippen LogP contribution in [-0.2, 0) is 27.2 Å². The van der Waals surface area contributed by atoms with Gasteiger partial charge in [0.2, 0.25) is 17.4 Å². The highest BCUT2D eigenvalue weighted by atomic mass is 16.6. The summed E-state index contributed by atoms with van der Waals surface area (Å²) in [6.45, 7) is 2.86. The molecule has 328 valence electrons. The summed E-state index contributed by atoms with van der Waals surface area (Å²) < 4.78 is 5.78. The number of hydrogen-bond donors (Lipinski definition) is 6. The van der Waals surface area contributed by atoms with E-state index in [1.165, 1.54) is 12.1 Å². The van der Waals surface area contributed by atoms with E-state index in [0.717, 1.165) is 35.3 Å². The first-order chi connectivity index (χ1) is 30.1. The molecule has 0 saturated carbocycles. The maximum absolute atomic E-state index is 13.3. The molecular weight excluding hydrogens is 797 g/mol. The minimum absolute atomic E-state index is 0. The molecule has 1 aliphatic heterocycles. The van der Waals surface area contributed by atoms with Crippen LogP contribution in [0.2, 0.25) is 0 Å². The lowest BCUT2D eigenvalue weighted by atomic mass is 10.0. The number of carbonyl (C=O) groups excluding carboxylic acids is 3. The molecule has 0 aliphatic carbocycles. The number of hydrogen-bond acceptors (Lipinski definition) is 9. The maximum Gasteiger partial charge on any atom is 0.411 e. The highest BCUT2D eigenvalue weighted by Crippen LogP contribution is 2.30. The lowest BCUT2D eigenvalue weighted by Gasteiger charge is -2.31. The van der Waals surface area contributed by atoms with Gasteiger partial charge in [-0.3, -0.25) is 19.7 Å². The molecule has 0 spiro atoms. The Hall–Kier alpha value is -6.80. The van der Waals surface area contributed by atoms with Crippen LogP contribution in [0.4, 0.5) is 21.9 Å². The number of nitrogens with one attached hydrogen (secondary N) is 4. The molecule has 0 radical (unpaired) electrons. The number of amides is 3. The highest BCUT2D eigenvalue weighted by Gasteiger charge is 2.24. The molecule has 7 rings (SSSR count). The Morgan fingerprint density at radius 2 is 1.60 bits per heavy atom. The monoisotopic (exact) mass is 852 g/mol. The molecule has 6 aromatic rings. The first kappa shape index (κ1) is 45.7. The fraction of sp³-hybridized carbons (Fsp3) is 0.280. The molecule has 1 atom stereocenters. The van der Waals surface area contributed by atoms with Crippen LogP contribution in [0.25, 0.3) is 22.0 Å². The number of fused-ring (bicyclic) bond motifs is 1. The number of benzene rings is 5. The number of para-hydroxylation sites is 1. The van der Waals surface area contributed by atoms with E-state index in [4.69, 9.17) is 4.74 Å². The number of anilines is 3. The summed E-state index contributed by atoms with van der Waals surface area (Å²) in [5.41, 5.74) is 6.33. The molecule has 1 fully saturated rings. The number of rotatable bonds is 16. The molecule has 1 aromatic heterocycles. The molecule has 13 heteroatoms. The van der Waals surface area contributed by atoms with Gasteiger partial charge in [-0.15, -0.1) is 0 Å². The van der Waals surface area contributed by atoms with E-state index in [0.29, 0.717) is 66.8 Å². The third-order valence-corrected chi connectivity index (χ3v) is 11.1. The van der Waals surface area contributed by atoms with Gasteiger partial charge in [-0.25, -0.2) is 4.79 Å². The van der Waals surface area contributed by atoms with Gasteiger partial charge in [0.1, 0.15) is 11.9 Å². The molecule has 1 aliphatic rings. The summed E-state index contributed by atoms with van der Waals surface area (Å²) in [5, 5.41) is 30.7. The molecule has 13 nitrogen and oxygen atoms in total. The average Bonchev–Trinajstić information content (AvgIpc) is 3.28. The van der Waals surface area contributed by atoms with Crippen LogP contribution >= 0.6 is 0 Å². The number of phenols is 1. The number of H-pyrrole nitrogens is 1. The Morgan fingerprint density at radius 3 is 2.41 bits per heavy atom. The number of likely N-dealkylation sites (tertiary alicyclic amines) is 1. The first-order valence-corrected chi connectivity index (χ1v) is 20.9. The summed E-state index contributed by atoms with van der Waals surface area (Å²) in [6.07, 6.45) is 0.936. The minimum atomic E-state index is -0.861. The topological polar surface area (TPSA) is 176 Å². The maximum atomic E-state index is 13.3. The standard InChI is InChI=1S/C49H52N6O7.CH4/c1-54(47(60)24-28-55-26-22-38(23-27-55)62-49(61)52-42-16-6-5-15-39(42)35-11-3-2-4-12-35)37-14-8-10-34(30-37)31-46(59)51-36-13-7-9-33(29-36)21-25-50-32-44(57)40-17-19-43(56)48-41(40)18-20-45(58)53-48;/h2-20,29-30,38,44,50,56-57H,21-28,31-32H2,1H3,(H,51,59)(H,52,61)(H,53,58);1H4/t44-;/m0./s1. The van der Waals surface area contributed by atoms with Crippen molar-refractivity contribution in [3.8, 4) is 16.9 Å². The van der Waals surface area contributed by atoms with Gasteiger partial charge in [-0.2, -0.15) is 0 Å². The number of aromatic nitrogens is 1. The predicted octanol–water partition coefficient (Wildman–Crippen LogP) is 7.65. The fourth-order valence-electron chi connectivity index (χ4n) is 7.77. The molecular formula is C50H56N6O7. The zero-order valence-electron chi connectivity index (χ0n) is 34.7. The number of carbonyl (C=O) groups is 3. The summed E-state index contributed by atoms with van der Waals surface area (Å²) in [6, 6.07) is 38.6. The Bertz CT molecular complexity index is 2560. The van der Waals surface area contributed by atoms with Gasteiger partial charge < -0.3 is 40.4 Å². The highest BCUT2D eigenvalue weighted by molar-refractivity contribution is 5.95. The SMILES string of the molecule is C.CN(C(=O)CCN1CCC(OC(=O)Nc2ccccc2-c2ccccc2)CC1)c1cccc(CC(=O)Nc2cccc(CCNC[C@H](O)c3ccc(O)c4[nH]c(=O)ccc34)c2)c1. The van der Waals surface area contributed by atoms with Gasteiger partial charge in [0, 0.05) is 68.0 Å². The average molecular weight is 853 g/mol. The third kappa shape index (κ3) is 12.4. The second kappa shape index (κ2) is 21.8. The van der Waals surface area contributed by atoms with Gasteiger partial charge >= 0.3 is 6.09 Å². The summed E-state index contributed by atoms with van der Waals surface area (Å²) >= 11 is 0. The van der Waals surface area contributed by atoms with Gasteiger partial charge in [0.25, 0.3) is 0 Å². The van der Waals surface area contributed by atoms with E-state index >= 15 is 0 Å². The Morgan fingerprint density at radius 1 is 0.857 bits per heavy atom. The van der Waals surface area contributed by atoms with Crippen molar-refractivity contribution in [2.24, 2.45) is 0 Å². The number of aliphatic hydroxyl groups is 1. The molecule has 0 unspecified atom stereocenters. The van der Waals surface area contributed by atoms with Gasteiger partial charge in [0.05, 0.1) is 23.7 Å². The molecule has 0 bridgehead atoms. The summed E-state index contributed by atoms with van der Waals surface area (Å²) in [7, 11) is 1.75. The Labute approximate surface area is 367 Å². The molecule has 5 aromatic carbocycles. The Kier molecular flexibility index (Phi) is 15.8. The van der Waals surface area contributed by atoms with Crippen molar-refractivity contribution >= 4 is 45.9 Å². The number of ether oxygens (including phenoxy) is 1. The van der Waals surface area contributed by atoms with E-state index in [1.54, 1.807) is 24.1 Å². The van der Waals surface area contributed by atoms with Crippen molar-refractivity contribution in [1.29, 1.82) is 0 Å². The largest absolute Gasteiger partial charge is 0.506 e. The number of phenolic OH excluding ortho intramolecular Hbond substituents is 1. The number of piperidine rings is 1. The summed E-state index contributed by atoms with van der Waals surface area (Å²) in [4.78, 5) is 57.4. The third-order valence-electron chi connectivity index (χ3n) is 11.1. The van der Waals surface area contributed by atoms with Crippen molar-refractivity contribution in [2.45, 2.75) is 51.7 Å². The molecule has 3 amide bonds. The van der Waals surface area contributed by atoms with Crippen molar-refractivity contribution in [1.82, 2.24) is 15.2 Å². The second-order valence-electron chi connectivity index (χ2n) is 15.5. The fourth-order valence-corrected chi connectivity index (χ4v) is 7.77. The Balaban J connectivity index is 0.00000661. The molecule has 6 N–H and O–H groups in total. The zero-order chi connectivity index (χ0) is 43.4. The number of aromatic amines is 1. The summed E-state index contributed by atoms with van der Waals surface area (Å²) in [5.74, 6) is -0.274. The van der Waals surface area contributed by atoms with Crippen molar-refractivity contribution in [3.05, 3.63) is 154 Å². The van der Waals surface area contributed by atoms with E-state index < -0.39 is 12.2 Å². The van der Waals surface area contributed by atoms with Crippen LogP contribution in [0, 0.1) is 0 Å². The number of pyridine rings is 1. The molecule has 63 heavy (non-hydrogen) atoms. The van der Waals surface area contributed by atoms with E-state index in [1.807, 2.05) is 103 Å². The number of aromatic hydroxyl groups is 1. The lowest BCUT2D eigenvalue weighted by molar-refractivity contribution is -0.118. The first-order valence-electron chi connectivity index (χ1n) is 20.9. The van der Waals surface area contributed by atoms with Gasteiger partial charge in [-0.1, -0.05) is 86.3 Å². The quantitative estimate of drug-likeness (QED) is 0.0535. The van der Waals surface area contributed by atoms with Gasteiger partial charge in [0.15, 0.2) is 0 Å². The van der Waals surface area contributed by atoms with Crippen LogP contribution in [0.5, 0.6) is 5.75 Å². The van der Waals surface area contributed by atoms with Crippen molar-refractivity contribution in [2.75, 3.05) is 55.3 Å². The van der Waals surface area contributed by atoms with E-state index in [9.17, 15) is 29.4 Å². The smallest absolute Gasteiger partial charge is 0.411 e. The zero-order valence-corrected chi connectivity index (χ0v) is 34.7.